The molecular weight excluding hydrogens is 250 g/mol. The van der Waals surface area contributed by atoms with E-state index in [0.29, 0.717) is 0 Å². The van der Waals surface area contributed by atoms with Gasteiger partial charge in [0.2, 0.25) is 5.76 Å². The number of aliphatic hydroxyl groups excluding tert-OH is 3. The summed E-state index contributed by atoms with van der Waals surface area (Å²) in [5, 5.41) is 30.4. The lowest BCUT2D eigenvalue weighted by molar-refractivity contribution is -0.119. The lowest BCUT2D eigenvalue weighted by Crippen LogP contribution is -2.41. The third kappa shape index (κ3) is 2.86. The summed E-state index contributed by atoms with van der Waals surface area (Å²) in [7, 11) is 0. The van der Waals surface area contributed by atoms with E-state index in [1.165, 1.54) is 0 Å². The summed E-state index contributed by atoms with van der Waals surface area (Å²) in [6.45, 7) is -0.389. The summed E-state index contributed by atoms with van der Waals surface area (Å²) >= 11 is 0. The molecular formula is C13H15NO5. The van der Waals surface area contributed by atoms with E-state index < -0.39 is 30.4 Å². The van der Waals surface area contributed by atoms with Crippen molar-refractivity contribution in [3.05, 3.63) is 47.4 Å². The Balaban J connectivity index is 2.09. The number of hydrogen-bond acceptors (Lipinski definition) is 5. The largest absolute Gasteiger partial charge is 0.501 e. The van der Waals surface area contributed by atoms with E-state index in [2.05, 4.69) is 5.32 Å². The Bertz CT molecular complexity index is 485. The van der Waals surface area contributed by atoms with Crippen LogP contribution < -0.4 is 5.32 Å². The summed E-state index contributed by atoms with van der Waals surface area (Å²) in [5.41, 5.74) is 0.861. The van der Waals surface area contributed by atoms with Crippen molar-refractivity contribution in [3.63, 3.8) is 0 Å². The van der Waals surface area contributed by atoms with E-state index >= 15 is 0 Å². The first-order valence-corrected chi connectivity index (χ1v) is 5.83. The second-order valence-electron chi connectivity index (χ2n) is 4.19. The third-order valence-corrected chi connectivity index (χ3v) is 2.83. The van der Waals surface area contributed by atoms with Gasteiger partial charge in [-0.05, 0) is 5.56 Å². The van der Waals surface area contributed by atoms with Gasteiger partial charge in [-0.3, -0.25) is 4.79 Å². The SMILES string of the molecule is O=C1N[C@H]([C@H](O)CO)C(OCc2ccccc2)=C1O. The molecule has 0 unspecified atom stereocenters. The van der Waals surface area contributed by atoms with Crippen LogP contribution in [-0.4, -0.2) is 40.0 Å². The van der Waals surface area contributed by atoms with Crippen LogP contribution in [0.1, 0.15) is 5.56 Å². The predicted octanol–water partition coefficient (Wildman–Crippen LogP) is -0.176. The van der Waals surface area contributed by atoms with Gasteiger partial charge < -0.3 is 25.4 Å². The average Bonchev–Trinajstić information content (AvgIpc) is 2.73. The minimum atomic E-state index is -1.22. The molecule has 0 spiro atoms. The maximum Gasteiger partial charge on any atom is 0.290 e. The fraction of sp³-hybridized carbons (Fsp3) is 0.308. The molecule has 0 saturated carbocycles. The second kappa shape index (κ2) is 5.73. The molecule has 2 atom stereocenters. The molecule has 0 fully saturated rings. The molecule has 4 N–H and O–H groups in total. The molecule has 0 bridgehead atoms. The van der Waals surface area contributed by atoms with Crippen molar-refractivity contribution in [2.45, 2.75) is 18.8 Å². The van der Waals surface area contributed by atoms with Gasteiger partial charge in [0.25, 0.3) is 5.91 Å². The Labute approximate surface area is 109 Å². The number of aliphatic hydroxyl groups is 3. The first-order valence-electron chi connectivity index (χ1n) is 5.83. The zero-order chi connectivity index (χ0) is 13.8. The molecule has 1 amide bonds. The molecule has 19 heavy (non-hydrogen) atoms. The Hall–Kier alpha value is -2.05. The number of hydrogen-bond donors (Lipinski definition) is 4. The number of nitrogens with one attached hydrogen (secondary N) is 1. The Morgan fingerprint density at radius 3 is 2.63 bits per heavy atom. The molecule has 102 valence electrons. The van der Waals surface area contributed by atoms with Gasteiger partial charge in [0.15, 0.2) is 5.76 Å². The normalized spacial score (nSPS) is 20.3. The monoisotopic (exact) mass is 265 g/mol. The van der Waals surface area contributed by atoms with Gasteiger partial charge in [-0.15, -0.1) is 0 Å². The van der Waals surface area contributed by atoms with Gasteiger partial charge in [0.1, 0.15) is 18.8 Å². The van der Waals surface area contributed by atoms with Crippen LogP contribution in [0.3, 0.4) is 0 Å². The number of carbonyl (C=O) groups excluding carboxylic acids is 1. The smallest absolute Gasteiger partial charge is 0.290 e. The first kappa shape index (κ1) is 13.4. The number of rotatable bonds is 5. The summed E-state index contributed by atoms with van der Waals surface area (Å²) < 4.78 is 5.38. The van der Waals surface area contributed by atoms with Crippen LogP contribution in [0, 0.1) is 0 Å². The van der Waals surface area contributed by atoms with Crippen molar-refractivity contribution >= 4 is 5.91 Å². The van der Waals surface area contributed by atoms with Gasteiger partial charge in [-0.25, -0.2) is 0 Å². The van der Waals surface area contributed by atoms with Crippen molar-refractivity contribution in [3.8, 4) is 0 Å². The topological polar surface area (TPSA) is 99.0 Å². The first-order chi connectivity index (χ1) is 9.13. The van der Waals surface area contributed by atoms with E-state index in [9.17, 15) is 15.0 Å². The van der Waals surface area contributed by atoms with Gasteiger partial charge in [0, 0.05) is 0 Å². The lowest BCUT2D eigenvalue weighted by atomic mass is 10.1. The molecule has 0 radical (unpaired) electrons. The van der Waals surface area contributed by atoms with Gasteiger partial charge in [-0.1, -0.05) is 30.3 Å². The van der Waals surface area contributed by atoms with E-state index in [-0.39, 0.29) is 12.4 Å². The molecule has 1 aromatic rings. The number of benzene rings is 1. The van der Waals surface area contributed by atoms with E-state index in [1.807, 2.05) is 30.3 Å². The van der Waals surface area contributed by atoms with Crippen LogP contribution >= 0.6 is 0 Å². The van der Waals surface area contributed by atoms with Crippen LogP contribution in [0.5, 0.6) is 0 Å². The average molecular weight is 265 g/mol. The third-order valence-electron chi connectivity index (χ3n) is 2.83. The molecule has 0 aliphatic carbocycles. The number of ether oxygens (including phenoxy) is 1. The van der Waals surface area contributed by atoms with Crippen molar-refractivity contribution in [2.24, 2.45) is 0 Å². The van der Waals surface area contributed by atoms with E-state index in [0.717, 1.165) is 5.56 Å². The molecule has 1 aliphatic rings. The van der Waals surface area contributed by atoms with Crippen LogP contribution in [0.15, 0.2) is 41.9 Å². The standard InChI is InChI=1S/C13H15NO5/c15-6-9(16)10-12(11(17)13(18)14-10)19-7-8-4-2-1-3-5-8/h1-5,9-10,15-17H,6-7H2,(H,14,18)/t9-,10-/m1/s1. The minimum Gasteiger partial charge on any atom is -0.501 e. The lowest BCUT2D eigenvalue weighted by Gasteiger charge is -2.19. The summed E-state index contributed by atoms with van der Waals surface area (Å²) in [4.78, 5) is 11.3. The molecule has 0 aromatic heterocycles. The van der Waals surface area contributed by atoms with Crippen molar-refractivity contribution in [1.29, 1.82) is 0 Å². The highest BCUT2D eigenvalue weighted by Gasteiger charge is 2.37. The highest BCUT2D eigenvalue weighted by Crippen LogP contribution is 2.21. The number of amides is 1. The van der Waals surface area contributed by atoms with Crippen molar-refractivity contribution in [1.82, 2.24) is 5.32 Å². The maximum atomic E-state index is 11.3. The van der Waals surface area contributed by atoms with Crippen molar-refractivity contribution in [2.75, 3.05) is 6.61 Å². The molecule has 1 aliphatic heterocycles. The van der Waals surface area contributed by atoms with E-state index in [4.69, 9.17) is 9.84 Å². The molecule has 1 heterocycles. The minimum absolute atomic E-state index is 0.0459. The maximum absolute atomic E-state index is 11.3. The number of carbonyl (C=O) groups is 1. The quantitative estimate of drug-likeness (QED) is 0.592. The van der Waals surface area contributed by atoms with Crippen LogP contribution in [-0.2, 0) is 16.1 Å². The summed E-state index contributed by atoms with van der Waals surface area (Å²) in [5.74, 6) is -1.33. The van der Waals surface area contributed by atoms with Crippen molar-refractivity contribution < 1.29 is 24.9 Å². The Morgan fingerprint density at radius 1 is 1.32 bits per heavy atom. The Morgan fingerprint density at radius 2 is 2.00 bits per heavy atom. The van der Waals surface area contributed by atoms with Crippen LogP contribution in [0.2, 0.25) is 0 Å². The van der Waals surface area contributed by atoms with E-state index in [1.54, 1.807) is 0 Å². The second-order valence-corrected chi connectivity index (χ2v) is 4.19. The molecule has 2 rings (SSSR count). The van der Waals surface area contributed by atoms with Gasteiger partial charge in [0.05, 0.1) is 6.61 Å². The highest BCUT2D eigenvalue weighted by molar-refractivity contribution is 5.94. The van der Waals surface area contributed by atoms with Crippen LogP contribution in [0.25, 0.3) is 0 Å². The molecule has 6 nitrogen and oxygen atoms in total. The molecule has 6 heteroatoms. The fourth-order valence-corrected chi connectivity index (χ4v) is 1.80. The van der Waals surface area contributed by atoms with Crippen LogP contribution in [0.4, 0.5) is 0 Å². The zero-order valence-corrected chi connectivity index (χ0v) is 10.1. The molecule has 0 saturated heterocycles. The predicted molar refractivity (Wildman–Crippen MR) is 65.9 cm³/mol. The summed E-state index contributed by atoms with van der Waals surface area (Å²) in [6, 6.07) is 8.27. The molecule has 1 aromatic carbocycles. The summed E-state index contributed by atoms with van der Waals surface area (Å²) in [6.07, 6.45) is -1.22. The fourth-order valence-electron chi connectivity index (χ4n) is 1.80. The van der Waals surface area contributed by atoms with Gasteiger partial charge in [-0.2, -0.15) is 0 Å². The highest BCUT2D eigenvalue weighted by atomic mass is 16.5. The Kier molecular flexibility index (Phi) is 4.03. The van der Waals surface area contributed by atoms with Gasteiger partial charge >= 0.3 is 0 Å². The zero-order valence-electron chi connectivity index (χ0n) is 10.1.